The Labute approximate surface area is 123 Å². The van der Waals surface area contributed by atoms with E-state index in [4.69, 9.17) is 4.74 Å². The molecule has 0 aliphatic carbocycles. The zero-order valence-corrected chi connectivity index (χ0v) is 12.0. The molecule has 1 aromatic carbocycles. The van der Waals surface area contributed by atoms with Gasteiger partial charge >= 0.3 is 0 Å². The monoisotopic (exact) mass is 286 g/mol. The molecule has 3 rings (SSSR count). The molecule has 1 unspecified atom stereocenters. The Morgan fingerprint density at radius 2 is 2.29 bits per heavy atom. The van der Waals surface area contributed by atoms with Crippen LogP contribution in [0.3, 0.4) is 0 Å². The Morgan fingerprint density at radius 1 is 1.43 bits per heavy atom. The zero-order valence-electron chi connectivity index (χ0n) is 12.0. The maximum absolute atomic E-state index is 12.4. The van der Waals surface area contributed by atoms with E-state index in [1.54, 1.807) is 13.3 Å². The van der Waals surface area contributed by atoms with Crippen LogP contribution in [0.5, 0.6) is 5.75 Å². The van der Waals surface area contributed by atoms with E-state index in [-0.39, 0.29) is 11.9 Å². The largest absolute Gasteiger partial charge is 0.496 e. The van der Waals surface area contributed by atoms with Crippen molar-refractivity contribution in [2.75, 3.05) is 20.2 Å². The molecule has 1 amide bonds. The molecule has 0 N–H and O–H groups in total. The molecule has 0 spiro atoms. The number of likely N-dealkylation sites (tertiary alicyclic amines) is 1. The lowest BCUT2D eigenvalue weighted by Gasteiger charge is -2.17. The highest BCUT2D eigenvalue weighted by Crippen LogP contribution is 2.23. The number of aromatic nitrogens is 3. The number of methoxy groups -OCH3 is 1. The topological polar surface area (TPSA) is 60.2 Å². The lowest BCUT2D eigenvalue weighted by molar-refractivity contribution is -0.129. The molecule has 1 aliphatic heterocycles. The maximum atomic E-state index is 12.4. The lowest BCUT2D eigenvalue weighted by Crippen LogP contribution is -2.30. The van der Waals surface area contributed by atoms with Crippen LogP contribution < -0.4 is 4.74 Å². The molecule has 21 heavy (non-hydrogen) atoms. The molecule has 2 heterocycles. The Balaban J connectivity index is 1.64. The summed E-state index contributed by atoms with van der Waals surface area (Å²) in [4.78, 5) is 14.3. The van der Waals surface area contributed by atoms with E-state index in [0.29, 0.717) is 13.0 Å². The fourth-order valence-electron chi connectivity index (χ4n) is 2.72. The second-order valence-electron chi connectivity index (χ2n) is 5.15. The molecule has 6 nitrogen and oxygen atoms in total. The number of benzene rings is 1. The summed E-state index contributed by atoms with van der Waals surface area (Å²) in [7, 11) is 1.62. The summed E-state index contributed by atoms with van der Waals surface area (Å²) in [6.07, 6.45) is 4.80. The second kappa shape index (κ2) is 5.95. The average Bonchev–Trinajstić information content (AvgIpc) is 3.18. The van der Waals surface area contributed by atoms with Crippen molar-refractivity contribution in [3.63, 3.8) is 0 Å². The third kappa shape index (κ3) is 2.89. The minimum atomic E-state index is 0.127. The van der Waals surface area contributed by atoms with Gasteiger partial charge in [-0.3, -0.25) is 4.79 Å². The minimum Gasteiger partial charge on any atom is -0.496 e. The summed E-state index contributed by atoms with van der Waals surface area (Å²) < 4.78 is 7.13. The molecule has 0 saturated carbocycles. The first-order chi connectivity index (χ1) is 10.3. The number of carbonyl (C=O) groups excluding carboxylic acids is 1. The van der Waals surface area contributed by atoms with Crippen LogP contribution in [0.25, 0.3) is 0 Å². The summed E-state index contributed by atoms with van der Waals surface area (Å²) >= 11 is 0. The molecule has 6 heteroatoms. The van der Waals surface area contributed by atoms with Gasteiger partial charge < -0.3 is 9.64 Å². The fourth-order valence-corrected chi connectivity index (χ4v) is 2.72. The number of ether oxygens (including phenoxy) is 1. The third-order valence-corrected chi connectivity index (χ3v) is 3.87. The molecule has 1 aliphatic rings. The Morgan fingerprint density at radius 3 is 3.05 bits per heavy atom. The van der Waals surface area contributed by atoms with Gasteiger partial charge in [-0.1, -0.05) is 23.4 Å². The Bertz CT molecular complexity index is 612. The summed E-state index contributed by atoms with van der Waals surface area (Å²) in [5, 5.41) is 7.83. The highest BCUT2D eigenvalue weighted by molar-refractivity contribution is 5.79. The number of amides is 1. The molecule has 1 saturated heterocycles. The number of carbonyl (C=O) groups is 1. The van der Waals surface area contributed by atoms with Gasteiger partial charge in [0.2, 0.25) is 5.91 Å². The first-order valence-corrected chi connectivity index (χ1v) is 7.03. The van der Waals surface area contributed by atoms with Crippen molar-refractivity contribution >= 4 is 5.91 Å². The summed E-state index contributed by atoms with van der Waals surface area (Å²) in [5.74, 6) is 0.889. The predicted octanol–water partition coefficient (Wildman–Crippen LogP) is 1.30. The van der Waals surface area contributed by atoms with Crippen molar-refractivity contribution in [3.8, 4) is 5.75 Å². The van der Waals surface area contributed by atoms with Crippen LogP contribution >= 0.6 is 0 Å². The van der Waals surface area contributed by atoms with Crippen LogP contribution in [0.1, 0.15) is 18.0 Å². The van der Waals surface area contributed by atoms with E-state index in [1.165, 1.54) is 0 Å². The van der Waals surface area contributed by atoms with Gasteiger partial charge in [0, 0.05) is 24.8 Å². The van der Waals surface area contributed by atoms with E-state index in [0.717, 1.165) is 24.3 Å². The third-order valence-electron chi connectivity index (χ3n) is 3.87. The molecule has 110 valence electrons. The van der Waals surface area contributed by atoms with Crippen molar-refractivity contribution < 1.29 is 9.53 Å². The van der Waals surface area contributed by atoms with E-state index in [1.807, 2.05) is 40.0 Å². The fraction of sp³-hybridized carbons (Fsp3) is 0.400. The molecule has 1 aromatic heterocycles. The molecular formula is C15H18N4O2. The van der Waals surface area contributed by atoms with Crippen molar-refractivity contribution in [1.82, 2.24) is 19.9 Å². The normalized spacial score (nSPS) is 18.0. The van der Waals surface area contributed by atoms with Gasteiger partial charge in [-0.15, -0.1) is 5.10 Å². The average molecular weight is 286 g/mol. The van der Waals surface area contributed by atoms with Gasteiger partial charge in [0.1, 0.15) is 5.75 Å². The number of hydrogen-bond acceptors (Lipinski definition) is 4. The van der Waals surface area contributed by atoms with E-state index >= 15 is 0 Å². The van der Waals surface area contributed by atoms with Gasteiger partial charge in [-0.2, -0.15) is 0 Å². The van der Waals surface area contributed by atoms with E-state index in [2.05, 4.69) is 10.3 Å². The van der Waals surface area contributed by atoms with Crippen LogP contribution in [0.4, 0.5) is 0 Å². The van der Waals surface area contributed by atoms with Crippen LogP contribution in [-0.4, -0.2) is 46.0 Å². The van der Waals surface area contributed by atoms with E-state index in [9.17, 15) is 4.79 Å². The predicted molar refractivity (Wildman–Crippen MR) is 77.0 cm³/mol. The van der Waals surface area contributed by atoms with Gasteiger partial charge in [-0.05, 0) is 12.5 Å². The standard InChI is InChI=1S/C15H18N4O2/c1-21-14-5-3-2-4-12(14)10-15(20)18-8-6-13(11-18)19-9-7-16-17-19/h2-5,7,9,13H,6,8,10-11H2,1H3. The summed E-state index contributed by atoms with van der Waals surface area (Å²) in [5.41, 5.74) is 0.925. The van der Waals surface area contributed by atoms with Crippen LogP contribution in [0.15, 0.2) is 36.7 Å². The van der Waals surface area contributed by atoms with Crippen LogP contribution in [0, 0.1) is 0 Å². The summed E-state index contributed by atoms with van der Waals surface area (Å²) in [6, 6.07) is 7.87. The second-order valence-corrected chi connectivity index (χ2v) is 5.15. The number of nitrogens with zero attached hydrogens (tertiary/aromatic N) is 4. The highest BCUT2D eigenvalue weighted by atomic mass is 16.5. The smallest absolute Gasteiger partial charge is 0.227 e. The summed E-state index contributed by atoms with van der Waals surface area (Å²) in [6.45, 7) is 1.45. The quantitative estimate of drug-likeness (QED) is 0.850. The molecule has 1 atom stereocenters. The lowest BCUT2D eigenvalue weighted by atomic mass is 10.1. The number of para-hydroxylation sites is 1. The molecule has 1 fully saturated rings. The first-order valence-electron chi connectivity index (χ1n) is 7.03. The van der Waals surface area contributed by atoms with Gasteiger partial charge in [-0.25, -0.2) is 4.68 Å². The Hall–Kier alpha value is -2.37. The molecule has 2 aromatic rings. The van der Waals surface area contributed by atoms with Crippen molar-refractivity contribution in [2.45, 2.75) is 18.9 Å². The van der Waals surface area contributed by atoms with Crippen molar-refractivity contribution in [1.29, 1.82) is 0 Å². The van der Waals surface area contributed by atoms with Gasteiger partial charge in [0.25, 0.3) is 0 Å². The zero-order chi connectivity index (χ0) is 14.7. The Kier molecular flexibility index (Phi) is 3.85. The SMILES string of the molecule is COc1ccccc1CC(=O)N1CCC(n2ccnn2)C1. The van der Waals surface area contributed by atoms with Crippen LogP contribution in [0.2, 0.25) is 0 Å². The minimum absolute atomic E-state index is 0.127. The highest BCUT2D eigenvalue weighted by Gasteiger charge is 2.28. The molecule has 0 bridgehead atoms. The molecular weight excluding hydrogens is 268 g/mol. The van der Waals surface area contributed by atoms with Crippen molar-refractivity contribution in [3.05, 3.63) is 42.2 Å². The van der Waals surface area contributed by atoms with Crippen LogP contribution in [-0.2, 0) is 11.2 Å². The number of rotatable bonds is 4. The molecule has 0 radical (unpaired) electrons. The van der Waals surface area contributed by atoms with E-state index < -0.39 is 0 Å². The van der Waals surface area contributed by atoms with Gasteiger partial charge in [0.15, 0.2) is 0 Å². The first kappa shape index (κ1) is 13.6. The maximum Gasteiger partial charge on any atom is 0.227 e. The number of hydrogen-bond donors (Lipinski definition) is 0. The van der Waals surface area contributed by atoms with Gasteiger partial charge in [0.05, 0.1) is 25.8 Å². The van der Waals surface area contributed by atoms with Crippen molar-refractivity contribution in [2.24, 2.45) is 0 Å².